The summed E-state index contributed by atoms with van der Waals surface area (Å²) in [5.41, 5.74) is 7.60. The van der Waals surface area contributed by atoms with Crippen molar-refractivity contribution < 1.29 is 37.4 Å². The minimum atomic E-state index is -3.04. The number of hydrogen-bond acceptors (Lipinski definition) is 8. The molecule has 0 saturated carbocycles. The molecule has 2 N–H and O–H groups in total. The van der Waals surface area contributed by atoms with Crippen LogP contribution in [0.1, 0.15) is 54.2 Å². The second-order valence-electron chi connectivity index (χ2n) is 12.7. The van der Waals surface area contributed by atoms with Crippen molar-refractivity contribution in [2.24, 2.45) is 0 Å². The third-order valence-corrected chi connectivity index (χ3v) is 9.89. The molecule has 5 aromatic rings. The third kappa shape index (κ3) is 6.17. The molecule has 260 valence electrons. The molecule has 2 saturated heterocycles. The molecule has 2 aromatic heterocycles. The van der Waals surface area contributed by atoms with Gasteiger partial charge < -0.3 is 24.0 Å². The summed E-state index contributed by atoms with van der Waals surface area (Å²) in [4.78, 5) is 40.1. The highest BCUT2D eigenvalue weighted by molar-refractivity contribution is 5.84. The smallest absolute Gasteiger partial charge is 0.407 e. The van der Waals surface area contributed by atoms with Crippen LogP contribution in [0.4, 0.5) is 13.6 Å². The van der Waals surface area contributed by atoms with Crippen LogP contribution in [0, 0.1) is 13.8 Å². The predicted octanol–water partition coefficient (Wildman–Crippen LogP) is 7.72. The number of aromatic nitrogens is 3. The van der Waals surface area contributed by atoms with Crippen molar-refractivity contribution in [1.29, 1.82) is 0 Å². The number of imidazole rings is 1. The van der Waals surface area contributed by atoms with E-state index in [1.165, 1.54) is 18.1 Å². The molecule has 0 aliphatic carbocycles. The Bertz CT molecular complexity index is 2080. The van der Waals surface area contributed by atoms with Gasteiger partial charge in [-0.25, -0.2) is 14.8 Å². The zero-order valence-corrected chi connectivity index (χ0v) is 27.9. The molecule has 2 fully saturated rings. The number of hydrogen-bond donors (Lipinski definition) is 2. The monoisotopic (exact) mass is 685 g/mol. The quantitative estimate of drug-likeness (QED) is 0.150. The van der Waals surface area contributed by atoms with Crippen LogP contribution in [-0.2, 0) is 16.1 Å². The number of carbonyl (C=O) groups excluding carboxylic acids is 1. The van der Waals surface area contributed by atoms with E-state index in [0.29, 0.717) is 47.9 Å². The molecule has 4 heterocycles. The fraction of sp³-hybridized carbons (Fsp3) is 0.351. The lowest BCUT2D eigenvalue weighted by atomic mass is 9.91. The van der Waals surface area contributed by atoms with E-state index >= 15 is 0 Å². The SMILES string of the molecule is COC(=O)[C@@H]1CCCN1Cc1cc2nc(-c3cccc(-c4cccc(-c5cnc([C@@H]6CCCN6C(=O)O)[nH]5)c4C)c3C)oc2cc1OC(F)F. The number of rotatable bonds is 9. The van der Waals surface area contributed by atoms with Gasteiger partial charge in [-0.3, -0.25) is 14.6 Å². The van der Waals surface area contributed by atoms with E-state index < -0.39 is 18.7 Å². The second kappa shape index (κ2) is 13.5. The third-order valence-electron chi connectivity index (χ3n) is 9.89. The van der Waals surface area contributed by atoms with Crippen LogP contribution < -0.4 is 4.74 Å². The Kier molecular flexibility index (Phi) is 9.00. The highest BCUT2D eigenvalue weighted by Gasteiger charge is 2.33. The van der Waals surface area contributed by atoms with E-state index in [0.717, 1.165) is 58.3 Å². The number of H-pyrrole nitrogens is 1. The maximum absolute atomic E-state index is 13.5. The number of halogens is 2. The molecular formula is C37H37F2N5O6. The summed E-state index contributed by atoms with van der Waals surface area (Å²) in [6.45, 7) is 2.29. The summed E-state index contributed by atoms with van der Waals surface area (Å²) in [6, 6.07) is 14.2. The highest BCUT2D eigenvalue weighted by Crippen LogP contribution is 2.39. The van der Waals surface area contributed by atoms with E-state index in [4.69, 9.17) is 18.9 Å². The summed E-state index contributed by atoms with van der Waals surface area (Å²) in [7, 11) is 1.34. The van der Waals surface area contributed by atoms with Gasteiger partial charge in [-0.2, -0.15) is 8.78 Å². The molecule has 0 unspecified atom stereocenters. The Labute approximate surface area is 286 Å². The number of nitrogens with one attached hydrogen (secondary N) is 1. The summed E-state index contributed by atoms with van der Waals surface area (Å²) >= 11 is 0. The van der Waals surface area contributed by atoms with Gasteiger partial charge in [0.2, 0.25) is 5.89 Å². The molecule has 2 aliphatic heterocycles. The summed E-state index contributed by atoms with van der Waals surface area (Å²) in [5.74, 6) is 0.576. The summed E-state index contributed by atoms with van der Waals surface area (Å²) < 4.78 is 43.0. The number of benzene rings is 3. The van der Waals surface area contributed by atoms with Gasteiger partial charge in [0.1, 0.15) is 23.1 Å². The molecule has 0 spiro atoms. The molecule has 2 atom stereocenters. The Morgan fingerprint density at radius 3 is 2.44 bits per heavy atom. The van der Waals surface area contributed by atoms with Gasteiger partial charge in [0.15, 0.2) is 5.58 Å². The Morgan fingerprint density at radius 2 is 1.72 bits per heavy atom. The van der Waals surface area contributed by atoms with Gasteiger partial charge in [0.25, 0.3) is 0 Å². The number of carbonyl (C=O) groups is 2. The molecule has 1 amide bonds. The van der Waals surface area contributed by atoms with Crippen LogP contribution in [0.2, 0.25) is 0 Å². The molecule has 2 aliphatic rings. The van der Waals surface area contributed by atoms with Crippen molar-refractivity contribution in [2.75, 3.05) is 20.2 Å². The van der Waals surface area contributed by atoms with Gasteiger partial charge >= 0.3 is 18.7 Å². The van der Waals surface area contributed by atoms with Gasteiger partial charge in [0.05, 0.1) is 25.0 Å². The number of methoxy groups -OCH3 is 1. The molecule has 50 heavy (non-hydrogen) atoms. The largest absolute Gasteiger partial charge is 0.468 e. The number of alkyl halides is 2. The van der Waals surface area contributed by atoms with E-state index in [1.807, 2.05) is 55.1 Å². The predicted molar refractivity (Wildman–Crippen MR) is 181 cm³/mol. The number of oxazole rings is 1. The number of esters is 1. The standard InChI is InChI=1S/C37H37F2N5O6/c1-20-23(8-4-10-25(20)28-18-40-33(41-28)29-12-7-15-44(29)37(46)47)24-9-5-11-26(21(24)2)34-42-27-16-22(31(50-36(38)39)17-32(27)49-34)19-43-14-6-13-30(43)35(45)48-3/h4-5,8-11,16-18,29-30,36H,6-7,12-15,19H2,1-3H3,(H,40,41)(H,46,47)/t29-,30-/m0/s1. The molecule has 13 heteroatoms. The topological polar surface area (TPSA) is 134 Å². The van der Waals surface area contributed by atoms with E-state index in [1.54, 1.807) is 12.3 Å². The fourth-order valence-corrected chi connectivity index (χ4v) is 7.38. The van der Waals surface area contributed by atoms with Gasteiger partial charge in [-0.05, 0) is 80.5 Å². The van der Waals surface area contributed by atoms with E-state index in [9.17, 15) is 23.5 Å². The Morgan fingerprint density at radius 1 is 1.02 bits per heavy atom. The van der Waals surface area contributed by atoms with E-state index in [-0.39, 0.29) is 24.3 Å². The first-order valence-corrected chi connectivity index (χ1v) is 16.6. The lowest BCUT2D eigenvalue weighted by Gasteiger charge is -2.23. The van der Waals surface area contributed by atoms with Gasteiger partial charge in [-0.1, -0.05) is 30.3 Å². The maximum atomic E-state index is 13.5. The highest BCUT2D eigenvalue weighted by atomic mass is 19.3. The minimum absolute atomic E-state index is 0.0332. The van der Waals surface area contributed by atoms with Crippen LogP contribution in [0.15, 0.2) is 59.1 Å². The maximum Gasteiger partial charge on any atom is 0.407 e. The van der Waals surface area contributed by atoms with Crippen LogP contribution in [0.5, 0.6) is 5.75 Å². The van der Waals surface area contributed by atoms with Crippen LogP contribution in [0.25, 0.3) is 44.9 Å². The number of aromatic amines is 1. The number of carboxylic acid groups (broad SMARTS) is 1. The zero-order valence-electron chi connectivity index (χ0n) is 27.9. The van der Waals surface area contributed by atoms with Crippen molar-refractivity contribution in [3.05, 3.63) is 77.2 Å². The van der Waals surface area contributed by atoms with Crippen molar-refractivity contribution in [3.63, 3.8) is 0 Å². The minimum Gasteiger partial charge on any atom is -0.468 e. The van der Waals surface area contributed by atoms with Gasteiger partial charge in [-0.15, -0.1) is 0 Å². The molecular weight excluding hydrogens is 648 g/mol. The summed E-state index contributed by atoms with van der Waals surface area (Å²) in [5, 5.41) is 9.61. The van der Waals surface area contributed by atoms with Crippen molar-refractivity contribution in [3.8, 4) is 39.6 Å². The zero-order chi connectivity index (χ0) is 35.1. The number of fused-ring (bicyclic) bond motifs is 1. The lowest BCUT2D eigenvalue weighted by molar-refractivity contribution is -0.146. The first-order chi connectivity index (χ1) is 24.1. The van der Waals surface area contributed by atoms with Crippen LogP contribution in [0.3, 0.4) is 0 Å². The molecule has 7 rings (SSSR count). The molecule has 0 bridgehead atoms. The van der Waals surface area contributed by atoms with Crippen LogP contribution in [-0.4, -0.2) is 74.8 Å². The first-order valence-electron chi connectivity index (χ1n) is 16.6. The second-order valence-corrected chi connectivity index (χ2v) is 12.7. The number of ether oxygens (including phenoxy) is 2. The number of likely N-dealkylation sites (tertiary alicyclic amines) is 2. The number of amides is 1. The first kappa shape index (κ1) is 33.2. The average molecular weight is 686 g/mol. The molecule has 3 aromatic carbocycles. The number of nitrogens with zero attached hydrogens (tertiary/aromatic N) is 4. The Hall–Kier alpha value is -5.30. The van der Waals surface area contributed by atoms with Crippen molar-refractivity contribution >= 4 is 23.2 Å². The van der Waals surface area contributed by atoms with Crippen molar-refractivity contribution in [1.82, 2.24) is 24.8 Å². The molecule has 11 nitrogen and oxygen atoms in total. The average Bonchev–Trinajstić information content (AvgIpc) is 3.91. The molecule has 0 radical (unpaired) electrons. The lowest BCUT2D eigenvalue weighted by Crippen LogP contribution is -2.36. The van der Waals surface area contributed by atoms with Gasteiger partial charge in [0, 0.05) is 35.8 Å². The fourth-order valence-electron chi connectivity index (χ4n) is 7.38. The normalized spacial score (nSPS) is 18.0. The van der Waals surface area contributed by atoms with E-state index in [2.05, 4.69) is 9.97 Å². The van der Waals surface area contributed by atoms with Crippen LogP contribution >= 0.6 is 0 Å². The Balaban J connectivity index is 1.21. The summed E-state index contributed by atoms with van der Waals surface area (Å²) in [6.07, 6.45) is 3.72. The van der Waals surface area contributed by atoms with Crippen molar-refractivity contribution in [2.45, 2.75) is 64.8 Å².